The molecule has 0 saturated carbocycles. The van der Waals surface area contributed by atoms with Gasteiger partial charge in [0, 0.05) is 12.6 Å². The van der Waals surface area contributed by atoms with Gasteiger partial charge < -0.3 is 5.73 Å². The van der Waals surface area contributed by atoms with E-state index in [2.05, 4.69) is 10.2 Å². The molecule has 0 radical (unpaired) electrons. The van der Waals surface area contributed by atoms with Gasteiger partial charge in [0.05, 0.1) is 4.90 Å². The molecular weight excluding hydrogens is 291 g/mol. The second-order valence-corrected chi connectivity index (χ2v) is 5.74. The Hall–Kier alpha value is -1.60. The van der Waals surface area contributed by atoms with E-state index >= 15 is 0 Å². The summed E-state index contributed by atoms with van der Waals surface area (Å²) in [6.07, 6.45) is 1.42. The highest BCUT2D eigenvalue weighted by molar-refractivity contribution is 7.99. The van der Waals surface area contributed by atoms with Crippen LogP contribution < -0.4 is 11.4 Å². The van der Waals surface area contributed by atoms with Gasteiger partial charge >= 0.3 is 5.69 Å². The number of H-pyrrole nitrogens is 1. The standard InChI is InChI=1S/C14H19FN4OS/c1-3-10(16)8-9-6-5-7-11(15)12(9)21-14-18-17-13(20)19(14)4-2/h5-7,10H,3-4,8,16H2,1-2H3,(H,17,20). The lowest BCUT2D eigenvalue weighted by molar-refractivity contribution is 0.583. The van der Waals surface area contributed by atoms with Crippen LogP contribution in [0.4, 0.5) is 4.39 Å². The summed E-state index contributed by atoms with van der Waals surface area (Å²) in [5, 5.41) is 6.80. The molecule has 0 fully saturated rings. The Morgan fingerprint density at radius 3 is 2.90 bits per heavy atom. The number of halogens is 1. The molecule has 0 saturated heterocycles. The minimum absolute atomic E-state index is 0.0151. The summed E-state index contributed by atoms with van der Waals surface area (Å²) in [4.78, 5) is 12.1. The molecule has 114 valence electrons. The quantitative estimate of drug-likeness (QED) is 0.857. The van der Waals surface area contributed by atoms with Crippen LogP contribution >= 0.6 is 11.8 Å². The average Bonchev–Trinajstić information content (AvgIpc) is 2.82. The van der Waals surface area contributed by atoms with Crippen molar-refractivity contribution in [3.8, 4) is 0 Å². The van der Waals surface area contributed by atoms with Gasteiger partial charge in [-0.15, -0.1) is 5.10 Å². The maximum atomic E-state index is 14.1. The zero-order chi connectivity index (χ0) is 15.4. The van der Waals surface area contributed by atoms with Crippen molar-refractivity contribution >= 4 is 11.8 Å². The summed E-state index contributed by atoms with van der Waals surface area (Å²) in [6, 6.07) is 4.93. The van der Waals surface area contributed by atoms with Crippen LogP contribution in [0.15, 0.2) is 33.0 Å². The molecule has 2 aromatic rings. The summed E-state index contributed by atoms with van der Waals surface area (Å²) >= 11 is 1.16. The lowest BCUT2D eigenvalue weighted by atomic mass is 10.0. The average molecular weight is 310 g/mol. The van der Waals surface area contributed by atoms with E-state index in [0.717, 1.165) is 23.7 Å². The van der Waals surface area contributed by atoms with Crippen LogP contribution in [0.1, 0.15) is 25.8 Å². The van der Waals surface area contributed by atoms with Crippen molar-refractivity contribution in [3.63, 3.8) is 0 Å². The highest BCUT2D eigenvalue weighted by atomic mass is 32.2. The fourth-order valence-corrected chi connectivity index (χ4v) is 3.05. The minimum Gasteiger partial charge on any atom is -0.327 e. The minimum atomic E-state index is -0.320. The van der Waals surface area contributed by atoms with Gasteiger partial charge in [0.2, 0.25) is 0 Å². The zero-order valence-electron chi connectivity index (χ0n) is 12.1. The normalized spacial score (nSPS) is 12.6. The Bertz CT molecular complexity index is 667. The van der Waals surface area contributed by atoms with E-state index in [4.69, 9.17) is 5.73 Å². The van der Waals surface area contributed by atoms with Gasteiger partial charge in [-0.1, -0.05) is 19.1 Å². The van der Waals surface area contributed by atoms with Crippen LogP contribution in [0.5, 0.6) is 0 Å². The molecule has 0 aliphatic carbocycles. The second kappa shape index (κ2) is 6.91. The molecule has 0 amide bonds. The molecule has 7 heteroatoms. The maximum Gasteiger partial charge on any atom is 0.343 e. The van der Waals surface area contributed by atoms with Gasteiger partial charge in [-0.2, -0.15) is 0 Å². The predicted octanol–water partition coefficient (Wildman–Crippen LogP) is 2.16. The first kappa shape index (κ1) is 15.8. The largest absolute Gasteiger partial charge is 0.343 e. The number of hydrogen-bond donors (Lipinski definition) is 2. The van der Waals surface area contributed by atoms with E-state index in [-0.39, 0.29) is 17.5 Å². The van der Waals surface area contributed by atoms with Gasteiger partial charge in [0.1, 0.15) is 5.82 Å². The van der Waals surface area contributed by atoms with Crippen molar-refractivity contribution in [1.82, 2.24) is 14.8 Å². The highest BCUT2D eigenvalue weighted by Crippen LogP contribution is 2.31. The first-order valence-corrected chi connectivity index (χ1v) is 7.74. The first-order chi connectivity index (χ1) is 10.1. The zero-order valence-corrected chi connectivity index (χ0v) is 12.9. The molecule has 0 aliphatic heterocycles. The Labute approximate surface area is 126 Å². The molecule has 0 bridgehead atoms. The lowest BCUT2D eigenvalue weighted by Crippen LogP contribution is -2.22. The van der Waals surface area contributed by atoms with Crippen molar-refractivity contribution in [2.24, 2.45) is 5.73 Å². The number of nitrogens with one attached hydrogen (secondary N) is 1. The second-order valence-electron chi connectivity index (χ2n) is 4.76. The van der Waals surface area contributed by atoms with Gasteiger partial charge in [0.15, 0.2) is 5.16 Å². The van der Waals surface area contributed by atoms with E-state index < -0.39 is 0 Å². The first-order valence-electron chi connectivity index (χ1n) is 6.92. The van der Waals surface area contributed by atoms with Gasteiger partial charge in [0.25, 0.3) is 0 Å². The Kier molecular flexibility index (Phi) is 5.19. The molecule has 1 atom stereocenters. The Morgan fingerprint density at radius 2 is 2.24 bits per heavy atom. The van der Waals surface area contributed by atoms with Crippen molar-refractivity contribution in [1.29, 1.82) is 0 Å². The van der Waals surface area contributed by atoms with Crippen molar-refractivity contribution in [2.45, 2.75) is 49.3 Å². The summed E-state index contributed by atoms with van der Waals surface area (Å²) in [6.45, 7) is 4.32. The molecule has 1 unspecified atom stereocenters. The van der Waals surface area contributed by atoms with Crippen LogP contribution in [0.3, 0.4) is 0 Å². The fourth-order valence-electron chi connectivity index (χ4n) is 2.01. The van der Waals surface area contributed by atoms with E-state index in [1.54, 1.807) is 6.07 Å². The summed E-state index contributed by atoms with van der Waals surface area (Å²) in [5.74, 6) is -0.320. The molecule has 0 aliphatic rings. The molecule has 0 spiro atoms. The van der Waals surface area contributed by atoms with Gasteiger partial charge in [-0.3, -0.25) is 4.57 Å². The summed E-state index contributed by atoms with van der Waals surface area (Å²) < 4.78 is 15.6. The summed E-state index contributed by atoms with van der Waals surface area (Å²) in [5.41, 5.74) is 6.52. The predicted molar refractivity (Wildman–Crippen MR) is 81.0 cm³/mol. The molecule has 3 N–H and O–H groups in total. The fraction of sp³-hybridized carbons (Fsp3) is 0.429. The van der Waals surface area contributed by atoms with Crippen LogP contribution in [0.25, 0.3) is 0 Å². The van der Waals surface area contributed by atoms with Crippen LogP contribution in [-0.4, -0.2) is 20.8 Å². The number of rotatable bonds is 6. The van der Waals surface area contributed by atoms with E-state index in [9.17, 15) is 9.18 Å². The SMILES string of the molecule is CCC(N)Cc1cccc(F)c1Sc1n[nH]c(=O)n1CC. The molecule has 1 heterocycles. The van der Waals surface area contributed by atoms with Gasteiger partial charge in [-0.25, -0.2) is 14.3 Å². The number of aromatic nitrogens is 3. The molecule has 5 nitrogen and oxygen atoms in total. The summed E-state index contributed by atoms with van der Waals surface area (Å²) in [7, 11) is 0. The number of nitrogens with two attached hydrogens (primary N) is 1. The lowest BCUT2D eigenvalue weighted by Gasteiger charge is -2.13. The smallest absolute Gasteiger partial charge is 0.327 e. The topological polar surface area (TPSA) is 76.7 Å². The third kappa shape index (κ3) is 3.54. The number of nitrogens with zero attached hydrogens (tertiary/aromatic N) is 2. The third-order valence-corrected chi connectivity index (χ3v) is 4.44. The molecule has 1 aromatic carbocycles. The number of aromatic amines is 1. The number of benzene rings is 1. The van der Waals surface area contributed by atoms with E-state index in [1.165, 1.54) is 10.6 Å². The third-order valence-electron chi connectivity index (χ3n) is 3.29. The van der Waals surface area contributed by atoms with Gasteiger partial charge in [-0.05, 0) is 43.2 Å². The molecule has 21 heavy (non-hydrogen) atoms. The van der Waals surface area contributed by atoms with Crippen LogP contribution in [0, 0.1) is 5.82 Å². The maximum absolute atomic E-state index is 14.1. The monoisotopic (exact) mass is 310 g/mol. The van der Waals surface area contributed by atoms with E-state index in [0.29, 0.717) is 23.0 Å². The molecule has 1 aromatic heterocycles. The van der Waals surface area contributed by atoms with Crippen LogP contribution in [-0.2, 0) is 13.0 Å². The molecular formula is C14H19FN4OS. The Morgan fingerprint density at radius 1 is 1.48 bits per heavy atom. The van der Waals surface area contributed by atoms with Crippen molar-refractivity contribution in [3.05, 3.63) is 40.1 Å². The number of hydrogen-bond acceptors (Lipinski definition) is 4. The highest BCUT2D eigenvalue weighted by Gasteiger charge is 2.16. The van der Waals surface area contributed by atoms with E-state index in [1.807, 2.05) is 19.9 Å². The van der Waals surface area contributed by atoms with Crippen molar-refractivity contribution < 1.29 is 4.39 Å². The van der Waals surface area contributed by atoms with Crippen molar-refractivity contribution in [2.75, 3.05) is 0 Å². The van der Waals surface area contributed by atoms with Crippen LogP contribution in [0.2, 0.25) is 0 Å². The molecule has 2 rings (SSSR count). The Balaban J connectivity index is 2.36.